The van der Waals surface area contributed by atoms with Gasteiger partial charge >= 0.3 is 6.03 Å². The number of thiazole rings is 1. The predicted octanol–water partition coefficient (Wildman–Crippen LogP) is 2.87. The summed E-state index contributed by atoms with van der Waals surface area (Å²) in [5.41, 5.74) is 1.94. The third kappa shape index (κ3) is 6.11. The Labute approximate surface area is 189 Å². The summed E-state index contributed by atoms with van der Waals surface area (Å²) in [6.07, 6.45) is 5.15. The Bertz CT molecular complexity index is 1210. The quantitative estimate of drug-likeness (QED) is 0.486. The molecule has 3 aromatic rings. The van der Waals surface area contributed by atoms with Crippen LogP contribution < -0.4 is 10.6 Å². The molecule has 3 rings (SSSR count). The monoisotopic (exact) mass is 481 g/mol. The standard InChI is InChI=1S/C20H24FN5O4S2/c1-13-18(14-4-5-17(16(21)10-14)32(3,28)29)31-20(24-13)25-19(27)22-7-6-15-11-26(12-23-15)8-9-30-2/h4-5,10-12H,6-9H2,1-3H3,(H2,22,24,25,27). The Kier molecular flexibility index (Phi) is 7.59. The van der Waals surface area contributed by atoms with Crippen molar-refractivity contribution in [3.63, 3.8) is 0 Å². The van der Waals surface area contributed by atoms with Gasteiger partial charge in [0.25, 0.3) is 0 Å². The van der Waals surface area contributed by atoms with Crippen LogP contribution in [0, 0.1) is 12.7 Å². The zero-order chi connectivity index (χ0) is 23.3. The lowest BCUT2D eigenvalue weighted by Crippen LogP contribution is -2.30. The highest BCUT2D eigenvalue weighted by atomic mass is 32.2. The minimum atomic E-state index is -3.65. The van der Waals surface area contributed by atoms with Crippen molar-refractivity contribution in [3.05, 3.63) is 47.9 Å². The molecule has 0 aliphatic heterocycles. The molecule has 1 aromatic carbocycles. The molecule has 0 saturated carbocycles. The summed E-state index contributed by atoms with van der Waals surface area (Å²) in [6, 6.07) is 3.50. The maximum atomic E-state index is 14.2. The number of imidazole rings is 1. The first kappa shape index (κ1) is 23.8. The summed E-state index contributed by atoms with van der Waals surface area (Å²) < 4.78 is 44.4. The molecule has 0 unspecified atom stereocenters. The van der Waals surface area contributed by atoms with Crippen LogP contribution in [0.4, 0.5) is 14.3 Å². The lowest BCUT2D eigenvalue weighted by molar-refractivity contribution is 0.187. The number of amides is 2. The summed E-state index contributed by atoms with van der Waals surface area (Å²) in [7, 11) is -2.01. The number of ether oxygens (including phenoxy) is 1. The molecule has 0 bridgehead atoms. The van der Waals surface area contributed by atoms with Crippen LogP contribution in [0.15, 0.2) is 35.6 Å². The van der Waals surface area contributed by atoms with Gasteiger partial charge in [-0.2, -0.15) is 0 Å². The number of urea groups is 1. The van der Waals surface area contributed by atoms with Gasteiger partial charge in [0.2, 0.25) is 0 Å². The smallest absolute Gasteiger partial charge is 0.321 e. The molecule has 9 nitrogen and oxygen atoms in total. The zero-order valence-corrected chi connectivity index (χ0v) is 19.5. The van der Waals surface area contributed by atoms with Crippen LogP contribution >= 0.6 is 11.3 Å². The van der Waals surface area contributed by atoms with E-state index in [2.05, 4.69) is 20.6 Å². The van der Waals surface area contributed by atoms with E-state index in [0.29, 0.717) is 47.4 Å². The second kappa shape index (κ2) is 10.2. The SMILES string of the molecule is COCCn1cnc(CCNC(=O)Nc2nc(C)c(-c3ccc(S(C)(=O)=O)c(F)c3)s2)c1. The Morgan fingerprint density at radius 2 is 2.12 bits per heavy atom. The first-order valence-electron chi connectivity index (χ1n) is 9.69. The van der Waals surface area contributed by atoms with Crippen molar-refractivity contribution < 1.29 is 22.3 Å². The van der Waals surface area contributed by atoms with Crippen molar-refractivity contribution in [2.45, 2.75) is 24.8 Å². The van der Waals surface area contributed by atoms with Crippen molar-refractivity contribution in [2.75, 3.05) is 31.8 Å². The topological polar surface area (TPSA) is 115 Å². The van der Waals surface area contributed by atoms with E-state index in [4.69, 9.17) is 4.74 Å². The number of methoxy groups -OCH3 is 1. The number of benzene rings is 1. The van der Waals surface area contributed by atoms with Crippen molar-refractivity contribution in [1.29, 1.82) is 0 Å². The predicted molar refractivity (Wildman–Crippen MR) is 120 cm³/mol. The van der Waals surface area contributed by atoms with Gasteiger partial charge in [-0.05, 0) is 24.6 Å². The molecule has 32 heavy (non-hydrogen) atoms. The van der Waals surface area contributed by atoms with Crippen molar-refractivity contribution in [3.8, 4) is 10.4 Å². The molecule has 172 valence electrons. The van der Waals surface area contributed by atoms with E-state index >= 15 is 0 Å². The van der Waals surface area contributed by atoms with Crippen molar-refractivity contribution in [1.82, 2.24) is 19.9 Å². The molecule has 0 fully saturated rings. The fraction of sp³-hybridized carbons (Fsp3) is 0.350. The third-order valence-corrected chi connectivity index (χ3v) is 6.77. The number of rotatable bonds is 9. The molecular formula is C20H24FN5O4S2. The first-order chi connectivity index (χ1) is 15.2. The van der Waals surface area contributed by atoms with Gasteiger partial charge in [-0.3, -0.25) is 5.32 Å². The fourth-order valence-electron chi connectivity index (χ4n) is 2.96. The molecule has 12 heteroatoms. The highest BCUT2D eigenvalue weighted by Gasteiger charge is 2.17. The van der Waals surface area contributed by atoms with Crippen LogP contribution in [0.5, 0.6) is 0 Å². The van der Waals surface area contributed by atoms with E-state index in [0.717, 1.165) is 18.0 Å². The average Bonchev–Trinajstić information content (AvgIpc) is 3.31. The molecule has 2 heterocycles. The molecule has 2 aromatic heterocycles. The third-order valence-electron chi connectivity index (χ3n) is 4.52. The van der Waals surface area contributed by atoms with Crippen LogP contribution in [0.25, 0.3) is 10.4 Å². The average molecular weight is 482 g/mol. The van der Waals surface area contributed by atoms with E-state index in [1.165, 1.54) is 23.5 Å². The maximum Gasteiger partial charge on any atom is 0.321 e. The molecule has 0 atom stereocenters. The second-order valence-corrected chi connectivity index (χ2v) is 10.1. The minimum absolute atomic E-state index is 0.353. The van der Waals surface area contributed by atoms with Gasteiger partial charge in [0, 0.05) is 39.1 Å². The van der Waals surface area contributed by atoms with Crippen LogP contribution in [0.3, 0.4) is 0 Å². The van der Waals surface area contributed by atoms with Gasteiger partial charge in [-0.1, -0.05) is 17.4 Å². The van der Waals surface area contributed by atoms with Gasteiger partial charge in [0.05, 0.1) is 29.2 Å². The molecule has 0 aliphatic rings. The lowest BCUT2D eigenvalue weighted by Gasteiger charge is -2.04. The van der Waals surface area contributed by atoms with E-state index in [9.17, 15) is 17.6 Å². The number of carbonyl (C=O) groups is 1. The van der Waals surface area contributed by atoms with Gasteiger partial charge in [0.15, 0.2) is 15.0 Å². The number of aromatic nitrogens is 3. The molecule has 0 aliphatic carbocycles. The molecule has 0 spiro atoms. The fourth-order valence-corrected chi connectivity index (χ4v) is 4.65. The second-order valence-electron chi connectivity index (χ2n) is 7.08. The molecule has 2 amide bonds. The van der Waals surface area contributed by atoms with E-state index in [-0.39, 0.29) is 4.90 Å². The van der Waals surface area contributed by atoms with Crippen molar-refractivity contribution >= 4 is 32.3 Å². The minimum Gasteiger partial charge on any atom is -0.383 e. The summed E-state index contributed by atoms with van der Waals surface area (Å²) in [5.74, 6) is -0.824. The zero-order valence-electron chi connectivity index (χ0n) is 17.9. The number of hydrogen-bond acceptors (Lipinski definition) is 7. The van der Waals surface area contributed by atoms with Crippen LogP contribution in [-0.2, 0) is 27.5 Å². The van der Waals surface area contributed by atoms with E-state index in [1.54, 1.807) is 20.4 Å². The summed E-state index contributed by atoms with van der Waals surface area (Å²) in [6.45, 7) is 3.43. The van der Waals surface area contributed by atoms with Gasteiger partial charge < -0.3 is 14.6 Å². The number of nitrogens with zero attached hydrogens (tertiary/aromatic N) is 3. The Morgan fingerprint density at radius 3 is 2.81 bits per heavy atom. The first-order valence-corrected chi connectivity index (χ1v) is 12.4. The molecule has 0 saturated heterocycles. The van der Waals surface area contributed by atoms with Crippen LogP contribution in [-0.4, -0.2) is 55.5 Å². The normalized spacial score (nSPS) is 11.5. The highest BCUT2D eigenvalue weighted by Crippen LogP contribution is 2.34. The van der Waals surface area contributed by atoms with Crippen LogP contribution in [0.2, 0.25) is 0 Å². The largest absolute Gasteiger partial charge is 0.383 e. The molecule has 2 N–H and O–H groups in total. The Morgan fingerprint density at radius 1 is 1.34 bits per heavy atom. The number of carbonyl (C=O) groups excluding carboxylic acids is 1. The number of anilines is 1. The maximum absolute atomic E-state index is 14.2. The summed E-state index contributed by atoms with van der Waals surface area (Å²) >= 11 is 1.18. The lowest BCUT2D eigenvalue weighted by atomic mass is 10.1. The van der Waals surface area contributed by atoms with E-state index in [1.807, 2.05) is 10.8 Å². The van der Waals surface area contributed by atoms with Gasteiger partial charge in [-0.25, -0.2) is 27.6 Å². The number of nitrogens with one attached hydrogen (secondary N) is 2. The number of hydrogen-bond donors (Lipinski definition) is 2. The Hall–Kier alpha value is -2.83. The molecular weight excluding hydrogens is 457 g/mol. The Balaban J connectivity index is 1.57. The number of halogens is 1. The summed E-state index contributed by atoms with van der Waals surface area (Å²) in [4.78, 5) is 21.1. The van der Waals surface area contributed by atoms with Crippen LogP contribution in [0.1, 0.15) is 11.4 Å². The number of sulfone groups is 1. The summed E-state index contributed by atoms with van der Waals surface area (Å²) in [5, 5.41) is 5.77. The van der Waals surface area contributed by atoms with Crippen molar-refractivity contribution in [2.24, 2.45) is 0 Å². The molecule has 0 radical (unpaired) electrons. The van der Waals surface area contributed by atoms with Gasteiger partial charge in [0.1, 0.15) is 10.7 Å². The van der Waals surface area contributed by atoms with Gasteiger partial charge in [-0.15, -0.1) is 0 Å². The highest BCUT2D eigenvalue weighted by molar-refractivity contribution is 7.90. The number of aryl methyl sites for hydroxylation is 1. The van der Waals surface area contributed by atoms with E-state index < -0.39 is 21.7 Å².